The van der Waals surface area contributed by atoms with Gasteiger partial charge in [0.2, 0.25) is 0 Å². The predicted molar refractivity (Wildman–Crippen MR) is 111 cm³/mol. The van der Waals surface area contributed by atoms with Crippen molar-refractivity contribution in [3.05, 3.63) is 53.2 Å². The number of aromatic nitrogens is 5. The normalized spacial score (nSPS) is 22.7. The van der Waals surface area contributed by atoms with Crippen LogP contribution in [0.15, 0.2) is 30.7 Å². The van der Waals surface area contributed by atoms with Gasteiger partial charge in [-0.05, 0) is 49.8 Å². The van der Waals surface area contributed by atoms with Crippen LogP contribution in [0, 0.1) is 0 Å². The molecule has 1 spiro atoms. The van der Waals surface area contributed by atoms with Gasteiger partial charge in [-0.25, -0.2) is 9.97 Å². The molecular weight excluding hydrogens is 378 g/mol. The lowest BCUT2D eigenvalue weighted by molar-refractivity contribution is 0.0940. The molecule has 6 rings (SSSR count). The van der Waals surface area contributed by atoms with Gasteiger partial charge in [0.1, 0.15) is 11.5 Å². The van der Waals surface area contributed by atoms with Crippen molar-refractivity contribution < 1.29 is 4.79 Å². The second-order valence-corrected chi connectivity index (χ2v) is 8.52. The molecule has 1 unspecified atom stereocenters. The fourth-order valence-corrected chi connectivity index (χ4v) is 5.34. The standard InChI is InChI=1S/C22H23N7O/c30-21-17-16(5-9-24-21)20(27-19(26-17)15-3-1-8-23-11-15)29-10-2-6-22(13-29)7-4-14-12-25-28-18(14)22/h1,3,8,11-12H,2,4-7,9-10,13H2,(H,24,30)(H,25,28). The summed E-state index contributed by atoms with van der Waals surface area (Å²) in [5, 5.41) is 10.5. The molecule has 3 aliphatic rings. The molecule has 2 aliphatic heterocycles. The number of carbonyl (C=O) groups is 1. The van der Waals surface area contributed by atoms with Gasteiger partial charge in [-0.15, -0.1) is 0 Å². The van der Waals surface area contributed by atoms with E-state index in [0.717, 1.165) is 62.1 Å². The number of fused-ring (bicyclic) bond motifs is 3. The first-order chi connectivity index (χ1) is 14.7. The third-order valence-electron chi connectivity index (χ3n) is 6.78. The topological polar surface area (TPSA) is 99.7 Å². The number of anilines is 1. The Kier molecular flexibility index (Phi) is 3.87. The maximum atomic E-state index is 12.6. The first-order valence-corrected chi connectivity index (χ1v) is 10.6. The van der Waals surface area contributed by atoms with Gasteiger partial charge in [0.15, 0.2) is 5.82 Å². The smallest absolute Gasteiger partial charge is 0.270 e. The van der Waals surface area contributed by atoms with Crippen molar-refractivity contribution in [3.63, 3.8) is 0 Å². The number of nitrogens with one attached hydrogen (secondary N) is 2. The Labute approximate surface area is 174 Å². The van der Waals surface area contributed by atoms with Gasteiger partial charge >= 0.3 is 0 Å². The van der Waals surface area contributed by atoms with Crippen LogP contribution in [-0.2, 0) is 18.3 Å². The Morgan fingerprint density at radius 2 is 2.10 bits per heavy atom. The molecule has 30 heavy (non-hydrogen) atoms. The average Bonchev–Trinajstić information content (AvgIpc) is 3.39. The number of piperidine rings is 1. The molecule has 1 saturated heterocycles. The molecule has 3 aromatic heterocycles. The van der Waals surface area contributed by atoms with E-state index in [4.69, 9.17) is 4.98 Å². The molecule has 0 saturated carbocycles. The Bertz CT molecular complexity index is 1130. The van der Waals surface area contributed by atoms with E-state index in [0.29, 0.717) is 18.1 Å². The summed E-state index contributed by atoms with van der Waals surface area (Å²) in [5.74, 6) is 1.34. The fraction of sp³-hybridized carbons (Fsp3) is 0.409. The summed E-state index contributed by atoms with van der Waals surface area (Å²) in [6.07, 6.45) is 10.7. The summed E-state index contributed by atoms with van der Waals surface area (Å²) in [5.41, 5.74) is 5.01. The fourth-order valence-electron chi connectivity index (χ4n) is 5.34. The Balaban J connectivity index is 1.46. The van der Waals surface area contributed by atoms with Gasteiger partial charge in [-0.1, -0.05) is 0 Å². The maximum Gasteiger partial charge on any atom is 0.270 e. The van der Waals surface area contributed by atoms with E-state index in [1.165, 1.54) is 11.3 Å². The molecule has 1 fully saturated rings. The van der Waals surface area contributed by atoms with Crippen molar-refractivity contribution in [1.82, 2.24) is 30.5 Å². The van der Waals surface area contributed by atoms with Crippen molar-refractivity contribution in [2.75, 3.05) is 24.5 Å². The molecule has 8 nitrogen and oxygen atoms in total. The number of carbonyl (C=O) groups excluding carboxylic acids is 1. The molecule has 152 valence electrons. The molecule has 0 aromatic carbocycles. The zero-order valence-corrected chi connectivity index (χ0v) is 16.7. The molecule has 2 N–H and O–H groups in total. The second-order valence-electron chi connectivity index (χ2n) is 8.52. The van der Waals surface area contributed by atoms with Gasteiger partial charge in [0.25, 0.3) is 5.91 Å². The predicted octanol–water partition coefficient (Wildman–Crippen LogP) is 2.03. The zero-order valence-electron chi connectivity index (χ0n) is 16.7. The highest BCUT2D eigenvalue weighted by atomic mass is 16.1. The minimum absolute atomic E-state index is 0.0906. The number of aryl methyl sites for hydroxylation is 1. The number of hydrogen-bond acceptors (Lipinski definition) is 6. The first kappa shape index (κ1) is 17.6. The summed E-state index contributed by atoms with van der Waals surface area (Å²) < 4.78 is 0. The highest BCUT2D eigenvalue weighted by Crippen LogP contribution is 2.45. The number of H-pyrrole nitrogens is 1. The number of aromatic amines is 1. The van der Waals surface area contributed by atoms with Crippen LogP contribution in [0.3, 0.4) is 0 Å². The van der Waals surface area contributed by atoms with Crippen LogP contribution in [0.2, 0.25) is 0 Å². The van der Waals surface area contributed by atoms with E-state index in [1.807, 2.05) is 18.3 Å². The Morgan fingerprint density at radius 1 is 1.13 bits per heavy atom. The average molecular weight is 401 g/mol. The van der Waals surface area contributed by atoms with E-state index >= 15 is 0 Å². The molecule has 0 bridgehead atoms. The van der Waals surface area contributed by atoms with Gasteiger partial charge in [0.05, 0.1) is 6.20 Å². The number of rotatable bonds is 2. The van der Waals surface area contributed by atoms with Crippen LogP contribution < -0.4 is 10.2 Å². The lowest BCUT2D eigenvalue weighted by Crippen LogP contribution is -2.47. The van der Waals surface area contributed by atoms with E-state index in [1.54, 1.807) is 12.4 Å². The highest BCUT2D eigenvalue weighted by Gasteiger charge is 2.44. The van der Waals surface area contributed by atoms with Crippen molar-refractivity contribution in [1.29, 1.82) is 0 Å². The molecule has 3 aromatic rings. The summed E-state index contributed by atoms with van der Waals surface area (Å²) in [7, 11) is 0. The number of nitrogens with zero attached hydrogens (tertiary/aromatic N) is 5. The van der Waals surface area contributed by atoms with Crippen LogP contribution in [0.4, 0.5) is 5.82 Å². The lowest BCUT2D eigenvalue weighted by Gasteiger charge is -2.42. The van der Waals surface area contributed by atoms with E-state index in [2.05, 4.69) is 30.4 Å². The van der Waals surface area contributed by atoms with Crippen molar-refractivity contribution in [2.45, 2.75) is 37.5 Å². The summed E-state index contributed by atoms with van der Waals surface area (Å²) >= 11 is 0. The first-order valence-electron chi connectivity index (χ1n) is 10.6. The van der Waals surface area contributed by atoms with Gasteiger partial charge in [-0.3, -0.25) is 14.9 Å². The van der Waals surface area contributed by atoms with Crippen LogP contribution in [0.1, 0.15) is 46.6 Å². The van der Waals surface area contributed by atoms with E-state index in [-0.39, 0.29) is 11.3 Å². The summed E-state index contributed by atoms with van der Waals surface area (Å²) in [6.45, 7) is 2.45. The SMILES string of the molecule is O=C1NCCc2c1nc(-c1cccnc1)nc2N1CCCC2(CCc3cn[nH]c32)C1. The maximum absolute atomic E-state index is 12.6. The minimum atomic E-state index is -0.117. The molecule has 1 atom stereocenters. The largest absolute Gasteiger partial charge is 0.355 e. The minimum Gasteiger partial charge on any atom is -0.355 e. The Morgan fingerprint density at radius 3 is 3.00 bits per heavy atom. The zero-order chi connectivity index (χ0) is 20.1. The summed E-state index contributed by atoms with van der Waals surface area (Å²) in [4.78, 5) is 28.8. The second kappa shape index (κ2) is 6.62. The monoisotopic (exact) mass is 401 g/mol. The highest BCUT2D eigenvalue weighted by molar-refractivity contribution is 5.96. The number of pyridine rings is 1. The van der Waals surface area contributed by atoms with Crippen molar-refractivity contribution in [2.24, 2.45) is 0 Å². The van der Waals surface area contributed by atoms with Gasteiger partial charge < -0.3 is 10.2 Å². The van der Waals surface area contributed by atoms with Crippen LogP contribution in [0.25, 0.3) is 11.4 Å². The third kappa shape index (κ3) is 2.63. The quantitative estimate of drug-likeness (QED) is 0.682. The van der Waals surface area contributed by atoms with Crippen LogP contribution in [0.5, 0.6) is 0 Å². The van der Waals surface area contributed by atoms with Crippen LogP contribution in [-0.4, -0.2) is 50.7 Å². The van der Waals surface area contributed by atoms with E-state index < -0.39 is 0 Å². The molecular formula is C22H23N7O. The molecule has 8 heteroatoms. The van der Waals surface area contributed by atoms with Gasteiger partial charge in [-0.2, -0.15) is 5.10 Å². The number of hydrogen-bond donors (Lipinski definition) is 2. The summed E-state index contributed by atoms with van der Waals surface area (Å²) in [6, 6.07) is 3.80. The molecule has 0 radical (unpaired) electrons. The molecule has 5 heterocycles. The number of amides is 1. The molecule has 1 amide bonds. The third-order valence-corrected chi connectivity index (χ3v) is 6.78. The van der Waals surface area contributed by atoms with Crippen molar-refractivity contribution in [3.8, 4) is 11.4 Å². The van der Waals surface area contributed by atoms with E-state index in [9.17, 15) is 4.79 Å². The molecule has 1 aliphatic carbocycles. The van der Waals surface area contributed by atoms with Crippen LogP contribution >= 0.6 is 0 Å². The lowest BCUT2D eigenvalue weighted by atomic mass is 9.77. The van der Waals surface area contributed by atoms with Crippen molar-refractivity contribution >= 4 is 11.7 Å². The Hall–Kier alpha value is -3.29. The van der Waals surface area contributed by atoms with Gasteiger partial charge in [0, 0.05) is 54.3 Å².